The predicted octanol–water partition coefficient (Wildman–Crippen LogP) is 2.88. The van der Waals surface area contributed by atoms with Crippen molar-refractivity contribution in [2.24, 2.45) is 7.05 Å². The lowest BCUT2D eigenvalue weighted by Gasteiger charge is -2.30. The Balaban J connectivity index is 1.94. The second-order valence-corrected chi connectivity index (χ2v) is 5.91. The molecule has 0 N–H and O–H groups in total. The van der Waals surface area contributed by atoms with Gasteiger partial charge in [0.05, 0.1) is 17.8 Å². The largest absolute Gasteiger partial charge is 0.332 e. The van der Waals surface area contributed by atoms with Crippen LogP contribution in [0.1, 0.15) is 53.3 Å². The number of likely N-dealkylation sites (tertiary alicyclic amines) is 1. The first-order chi connectivity index (χ1) is 10.7. The SMILES string of the molecule is Cc1c(C(=O)N2CCCCCC2c2ccncc2)cnn1C. The van der Waals surface area contributed by atoms with Gasteiger partial charge < -0.3 is 4.90 Å². The van der Waals surface area contributed by atoms with Crippen LogP contribution in [0.4, 0.5) is 0 Å². The van der Waals surface area contributed by atoms with Crippen molar-refractivity contribution >= 4 is 5.91 Å². The van der Waals surface area contributed by atoms with Gasteiger partial charge in [0.15, 0.2) is 0 Å². The number of amides is 1. The summed E-state index contributed by atoms with van der Waals surface area (Å²) in [6, 6.07) is 4.18. The molecule has 0 radical (unpaired) electrons. The number of pyridine rings is 1. The maximum absolute atomic E-state index is 13.0. The van der Waals surface area contributed by atoms with E-state index in [2.05, 4.69) is 10.1 Å². The molecule has 0 bridgehead atoms. The Kier molecular flexibility index (Phi) is 4.22. The summed E-state index contributed by atoms with van der Waals surface area (Å²) in [6.45, 7) is 2.75. The molecule has 0 spiro atoms. The van der Waals surface area contributed by atoms with Gasteiger partial charge in [-0.3, -0.25) is 14.5 Å². The highest BCUT2D eigenvalue weighted by molar-refractivity contribution is 5.95. The summed E-state index contributed by atoms with van der Waals surface area (Å²) in [5.41, 5.74) is 2.80. The molecule has 22 heavy (non-hydrogen) atoms. The third-order valence-electron chi connectivity index (χ3n) is 4.57. The van der Waals surface area contributed by atoms with Crippen LogP contribution in [-0.2, 0) is 7.05 Å². The Morgan fingerprint density at radius 1 is 1.23 bits per heavy atom. The molecule has 5 nitrogen and oxygen atoms in total. The average Bonchev–Trinajstić information content (AvgIpc) is 2.77. The van der Waals surface area contributed by atoms with Crippen LogP contribution in [0, 0.1) is 6.92 Å². The van der Waals surface area contributed by atoms with Crippen LogP contribution in [-0.4, -0.2) is 32.1 Å². The van der Waals surface area contributed by atoms with E-state index in [4.69, 9.17) is 0 Å². The van der Waals surface area contributed by atoms with Gasteiger partial charge in [0.2, 0.25) is 0 Å². The van der Waals surface area contributed by atoms with Crippen LogP contribution in [0.25, 0.3) is 0 Å². The molecular weight excluding hydrogens is 276 g/mol. The summed E-state index contributed by atoms with van der Waals surface area (Å²) in [4.78, 5) is 19.1. The van der Waals surface area contributed by atoms with Crippen molar-refractivity contribution in [2.75, 3.05) is 6.54 Å². The lowest BCUT2D eigenvalue weighted by molar-refractivity contribution is 0.0680. The van der Waals surface area contributed by atoms with Gasteiger partial charge in [0, 0.05) is 31.7 Å². The molecule has 3 rings (SSSR count). The highest BCUT2D eigenvalue weighted by atomic mass is 16.2. The molecule has 2 aromatic rings. The molecule has 116 valence electrons. The molecule has 1 aliphatic rings. The highest BCUT2D eigenvalue weighted by Gasteiger charge is 2.29. The van der Waals surface area contributed by atoms with Gasteiger partial charge in [-0.1, -0.05) is 12.8 Å². The van der Waals surface area contributed by atoms with Crippen LogP contribution in [0.15, 0.2) is 30.7 Å². The van der Waals surface area contributed by atoms with Crippen LogP contribution < -0.4 is 0 Å². The van der Waals surface area contributed by atoms with E-state index in [0.717, 1.165) is 31.5 Å². The normalized spacial score (nSPS) is 19.0. The molecule has 1 saturated heterocycles. The Morgan fingerprint density at radius 3 is 2.68 bits per heavy atom. The van der Waals surface area contributed by atoms with Crippen molar-refractivity contribution in [3.63, 3.8) is 0 Å². The highest BCUT2D eigenvalue weighted by Crippen LogP contribution is 2.31. The number of nitrogens with zero attached hydrogens (tertiary/aromatic N) is 4. The molecule has 1 fully saturated rings. The fourth-order valence-electron chi connectivity index (χ4n) is 3.15. The zero-order valence-corrected chi connectivity index (χ0v) is 13.2. The van der Waals surface area contributed by atoms with Gasteiger partial charge in [-0.05, 0) is 37.5 Å². The number of carbonyl (C=O) groups excluding carboxylic acids is 1. The number of aryl methyl sites for hydroxylation is 1. The molecule has 2 aromatic heterocycles. The molecule has 5 heteroatoms. The standard InChI is InChI=1S/C17H22N4O/c1-13-15(12-19-20(13)2)17(22)21-11-5-3-4-6-16(21)14-7-9-18-10-8-14/h7-10,12,16H,3-6,11H2,1-2H3. The molecule has 1 unspecified atom stereocenters. The smallest absolute Gasteiger partial charge is 0.257 e. The summed E-state index contributed by atoms with van der Waals surface area (Å²) in [6.07, 6.45) is 9.70. The summed E-state index contributed by atoms with van der Waals surface area (Å²) >= 11 is 0. The van der Waals surface area contributed by atoms with E-state index in [1.807, 2.05) is 31.0 Å². The molecule has 3 heterocycles. The van der Waals surface area contributed by atoms with Crippen molar-refractivity contribution < 1.29 is 4.79 Å². The number of hydrogen-bond donors (Lipinski definition) is 0. The van der Waals surface area contributed by atoms with Crippen LogP contribution in [0.3, 0.4) is 0 Å². The molecule has 0 saturated carbocycles. The van der Waals surface area contributed by atoms with Crippen LogP contribution in [0.5, 0.6) is 0 Å². The quantitative estimate of drug-likeness (QED) is 0.856. The Bertz CT molecular complexity index is 650. The first kappa shape index (κ1) is 14.8. The maximum Gasteiger partial charge on any atom is 0.257 e. The lowest BCUT2D eigenvalue weighted by atomic mass is 10.0. The summed E-state index contributed by atoms with van der Waals surface area (Å²) < 4.78 is 1.76. The van der Waals surface area contributed by atoms with Gasteiger partial charge >= 0.3 is 0 Å². The third kappa shape index (κ3) is 2.75. The van der Waals surface area contributed by atoms with Crippen molar-refractivity contribution in [3.05, 3.63) is 47.5 Å². The number of aromatic nitrogens is 3. The molecule has 0 aliphatic carbocycles. The minimum Gasteiger partial charge on any atom is -0.332 e. The van der Waals surface area contributed by atoms with Crippen molar-refractivity contribution in [3.8, 4) is 0 Å². The van der Waals surface area contributed by atoms with Crippen molar-refractivity contribution in [1.29, 1.82) is 0 Å². The molecule has 0 aromatic carbocycles. The molecular formula is C17H22N4O. The van der Waals surface area contributed by atoms with Gasteiger partial charge in [-0.2, -0.15) is 5.10 Å². The van der Waals surface area contributed by atoms with E-state index in [0.29, 0.717) is 5.56 Å². The summed E-state index contributed by atoms with van der Waals surface area (Å²) in [5.74, 6) is 0.0920. The fourth-order valence-corrected chi connectivity index (χ4v) is 3.15. The molecule has 1 aliphatic heterocycles. The fraction of sp³-hybridized carbons (Fsp3) is 0.471. The van der Waals surface area contributed by atoms with Gasteiger partial charge in [-0.15, -0.1) is 0 Å². The van der Waals surface area contributed by atoms with E-state index < -0.39 is 0 Å². The van der Waals surface area contributed by atoms with E-state index in [1.54, 1.807) is 23.3 Å². The Labute approximate surface area is 131 Å². The van der Waals surface area contributed by atoms with Crippen molar-refractivity contribution in [1.82, 2.24) is 19.7 Å². The molecule has 1 amide bonds. The number of hydrogen-bond acceptors (Lipinski definition) is 3. The topological polar surface area (TPSA) is 51.0 Å². The second kappa shape index (κ2) is 6.30. The zero-order chi connectivity index (χ0) is 15.5. The average molecular weight is 298 g/mol. The molecule has 1 atom stereocenters. The minimum atomic E-state index is 0.0920. The number of rotatable bonds is 2. The van der Waals surface area contributed by atoms with Crippen LogP contribution in [0.2, 0.25) is 0 Å². The first-order valence-corrected chi connectivity index (χ1v) is 7.88. The van der Waals surface area contributed by atoms with Gasteiger partial charge in [-0.25, -0.2) is 0 Å². The monoisotopic (exact) mass is 298 g/mol. The van der Waals surface area contributed by atoms with E-state index in [1.165, 1.54) is 12.0 Å². The van der Waals surface area contributed by atoms with E-state index in [-0.39, 0.29) is 11.9 Å². The maximum atomic E-state index is 13.0. The second-order valence-electron chi connectivity index (χ2n) is 5.91. The summed E-state index contributed by atoms with van der Waals surface area (Å²) in [7, 11) is 1.87. The van der Waals surface area contributed by atoms with Crippen LogP contribution >= 0.6 is 0 Å². The minimum absolute atomic E-state index is 0.0920. The van der Waals surface area contributed by atoms with Crippen molar-refractivity contribution in [2.45, 2.75) is 38.6 Å². The van der Waals surface area contributed by atoms with Gasteiger partial charge in [0.25, 0.3) is 5.91 Å². The van der Waals surface area contributed by atoms with E-state index in [9.17, 15) is 4.79 Å². The predicted molar refractivity (Wildman–Crippen MR) is 84.4 cm³/mol. The van der Waals surface area contributed by atoms with Gasteiger partial charge in [0.1, 0.15) is 0 Å². The third-order valence-corrected chi connectivity index (χ3v) is 4.57. The Morgan fingerprint density at radius 2 is 2.00 bits per heavy atom. The Hall–Kier alpha value is -2.17. The first-order valence-electron chi connectivity index (χ1n) is 7.88. The zero-order valence-electron chi connectivity index (χ0n) is 13.2. The lowest BCUT2D eigenvalue weighted by Crippen LogP contribution is -2.35. The van der Waals surface area contributed by atoms with E-state index >= 15 is 0 Å². The summed E-state index contributed by atoms with van der Waals surface area (Å²) in [5, 5.41) is 4.21. The number of carbonyl (C=O) groups is 1.